The number of nitrogens with one attached hydrogen (secondary N) is 1. The molecule has 0 aliphatic carbocycles. The number of hydrogen-bond donors (Lipinski definition) is 1. The fourth-order valence-corrected chi connectivity index (χ4v) is 1.76. The molecule has 0 bridgehead atoms. The minimum atomic E-state index is -0.590. The summed E-state index contributed by atoms with van der Waals surface area (Å²) in [5, 5.41) is 2.72. The molecule has 0 aromatic carbocycles. The molecular weight excluding hydrogens is 206 g/mol. The Morgan fingerprint density at radius 2 is 2.00 bits per heavy atom. The van der Waals surface area contributed by atoms with Gasteiger partial charge in [0.1, 0.15) is 0 Å². The third-order valence-corrected chi connectivity index (χ3v) is 2.63. The lowest BCUT2D eigenvalue weighted by Crippen LogP contribution is -2.53. The molecule has 1 amide bonds. The summed E-state index contributed by atoms with van der Waals surface area (Å²) in [6.07, 6.45) is 0.287. The Labute approximate surface area is 97.7 Å². The smallest absolute Gasteiger partial charge is 0.240 e. The second kappa shape index (κ2) is 5.64. The lowest BCUT2D eigenvalue weighted by molar-refractivity contribution is -0.232. The maximum Gasteiger partial charge on any atom is 0.240 e. The highest BCUT2D eigenvalue weighted by Crippen LogP contribution is 2.22. The number of carbonyl (C=O) groups is 1. The standard InChI is InChI=1S/C12H23NO3/c1-7(2)6-10-9(5)11(14)13-12(16-10)15-8(3)4/h7-10,12H,6H2,1-5H3,(H,13,14)/t9-,10+,12+/m1/s1. The van der Waals surface area contributed by atoms with Crippen LogP contribution in [0.2, 0.25) is 0 Å². The van der Waals surface area contributed by atoms with Crippen LogP contribution in [0.25, 0.3) is 0 Å². The molecule has 3 atom stereocenters. The molecule has 1 fully saturated rings. The van der Waals surface area contributed by atoms with Gasteiger partial charge in [-0.15, -0.1) is 0 Å². The van der Waals surface area contributed by atoms with Gasteiger partial charge in [-0.25, -0.2) is 0 Å². The zero-order chi connectivity index (χ0) is 12.3. The van der Waals surface area contributed by atoms with Gasteiger partial charge in [0.05, 0.1) is 18.1 Å². The summed E-state index contributed by atoms with van der Waals surface area (Å²) in [5.74, 6) is 0.426. The van der Waals surface area contributed by atoms with Gasteiger partial charge in [0.25, 0.3) is 0 Å². The fourth-order valence-electron chi connectivity index (χ4n) is 1.76. The van der Waals surface area contributed by atoms with Crippen LogP contribution in [0.5, 0.6) is 0 Å². The van der Waals surface area contributed by atoms with Gasteiger partial charge in [-0.2, -0.15) is 0 Å². The molecule has 94 valence electrons. The molecule has 0 aromatic heterocycles. The van der Waals surface area contributed by atoms with Crippen molar-refractivity contribution in [1.82, 2.24) is 5.32 Å². The predicted molar refractivity (Wildman–Crippen MR) is 61.6 cm³/mol. The maximum absolute atomic E-state index is 11.7. The second-order valence-electron chi connectivity index (χ2n) is 5.12. The summed E-state index contributed by atoms with van der Waals surface area (Å²) in [7, 11) is 0. The van der Waals surface area contributed by atoms with Crippen LogP contribution >= 0.6 is 0 Å². The molecule has 0 aromatic rings. The van der Waals surface area contributed by atoms with Crippen molar-refractivity contribution in [2.75, 3.05) is 0 Å². The van der Waals surface area contributed by atoms with Gasteiger partial charge in [0.15, 0.2) is 0 Å². The van der Waals surface area contributed by atoms with Gasteiger partial charge in [0, 0.05) is 0 Å². The molecule has 0 spiro atoms. The van der Waals surface area contributed by atoms with Crippen molar-refractivity contribution in [2.45, 2.75) is 59.7 Å². The number of ether oxygens (including phenoxy) is 2. The van der Waals surface area contributed by atoms with Gasteiger partial charge in [0.2, 0.25) is 12.3 Å². The molecule has 0 unspecified atom stereocenters. The molecule has 1 saturated heterocycles. The molecule has 1 aliphatic rings. The highest BCUT2D eigenvalue weighted by molar-refractivity contribution is 5.79. The summed E-state index contributed by atoms with van der Waals surface area (Å²) in [5.41, 5.74) is 0. The highest BCUT2D eigenvalue weighted by atomic mass is 16.7. The molecule has 4 heteroatoms. The largest absolute Gasteiger partial charge is 0.333 e. The van der Waals surface area contributed by atoms with Crippen LogP contribution in [0.4, 0.5) is 0 Å². The Kier molecular flexibility index (Phi) is 4.74. The van der Waals surface area contributed by atoms with Crippen LogP contribution in [0.3, 0.4) is 0 Å². The third kappa shape index (κ3) is 3.76. The minimum Gasteiger partial charge on any atom is -0.333 e. The predicted octanol–water partition coefficient (Wildman–Crippen LogP) is 1.89. The van der Waals surface area contributed by atoms with Gasteiger partial charge < -0.3 is 14.8 Å². The first-order valence-electron chi connectivity index (χ1n) is 6.01. The summed E-state index contributed by atoms with van der Waals surface area (Å²) < 4.78 is 11.2. The number of carbonyl (C=O) groups excluding carboxylic acids is 1. The molecule has 4 nitrogen and oxygen atoms in total. The van der Waals surface area contributed by atoms with Gasteiger partial charge in [-0.3, -0.25) is 4.79 Å². The molecule has 1 heterocycles. The lowest BCUT2D eigenvalue weighted by Gasteiger charge is -2.36. The number of rotatable bonds is 4. The quantitative estimate of drug-likeness (QED) is 0.801. The van der Waals surface area contributed by atoms with E-state index in [0.717, 1.165) is 6.42 Å². The zero-order valence-corrected chi connectivity index (χ0v) is 10.8. The van der Waals surface area contributed by atoms with Crippen molar-refractivity contribution in [3.05, 3.63) is 0 Å². The Morgan fingerprint density at radius 3 is 2.50 bits per heavy atom. The SMILES string of the molecule is CC(C)C[C@@H]1O[C@H](OC(C)C)NC(=O)[C@@H]1C. The maximum atomic E-state index is 11.7. The third-order valence-electron chi connectivity index (χ3n) is 2.63. The van der Waals surface area contributed by atoms with E-state index in [-0.39, 0.29) is 24.0 Å². The monoisotopic (exact) mass is 229 g/mol. The molecule has 1 rings (SSSR count). The topological polar surface area (TPSA) is 47.6 Å². The van der Waals surface area contributed by atoms with Crippen LogP contribution in [0.15, 0.2) is 0 Å². The summed E-state index contributed by atoms with van der Waals surface area (Å²) in [6.45, 7) is 9.99. The Bertz CT molecular complexity index is 240. The van der Waals surface area contributed by atoms with Crippen molar-refractivity contribution < 1.29 is 14.3 Å². The Morgan fingerprint density at radius 1 is 1.38 bits per heavy atom. The van der Waals surface area contributed by atoms with E-state index in [2.05, 4.69) is 19.2 Å². The average Bonchev–Trinajstić information content (AvgIpc) is 2.11. The molecule has 0 saturated carbocycles. The van der Waals surface area contributed by atoms with Gasteiger partial charge in [-0.05, 0) is 26.2 Å². The average molecular weight is 229 g/mol. The highest BCUT2D eigenvalue weighted by Gasteiger charge is 2.35. The van der Waals surface area contributed by atoms with Crippen molar-refractivity contribution in [3.8, 4) is 0 Å². The van der Waals surface area contributed by atoms with E-state index in [0.29, 0.717) is 5.92 Å². The van der Waals surface area contributed by atoms with Crippen molar-refractivity contribution >= 4 is 5.91 Å². The van der Waals surface area contributed by atoms with E-state index in [1.165, 1.54) is 0 Å². The van der Waals surface area contributed by atoms with E-state index >= 15 is 0 Å². The summed E-state index contributed by atoms with van der Waals surface area (Å²) in [4.78, 5) is 11.7. The van der Waals surface area contributed by atoms with Crippen LogP contribution < -0.4 is 5.32 Å². The first kappa shape index (κ1) is 13.5. The van der Waals surface area contributed by atoms with Crippen molar-refractivity contribution in [3.63, 3.8) is 0 Å². The van der Waals surface area contributed by atoms with Crippen LogP contribution in [-0.2, 0) is 14.3 Å². The number of hydrogen-bond acceptors (Lipinski definition) is 3. The first-order valence-corrected chi connectivity index (χ1v) is 6.01. The first-order chi connectivity index (χ1) is 7.40. The second-order valence-corrected chi connectivity index (χ2v) is 5.12. The van der Waals surface area contributed by atoms with Crippen molar-refractivity contribution in [2.24, 2.45) is 11.8 Å². The Balaban J connectivity index is 2.58. The zero-order valence-electron chi connectivity index (χ0n) is 10.8. The lowest BCUT2D eigenvalue weighted by atomic mass is 9.94. The van der Waals surface area contributed by atoms with E-state index in [4.69, 9.17) is 9.47 Å². The van der Waals surface area contributed by atoms with Crippen molar-refractivity contribution in [1.29, 1.82) is 0 Å². The number of amides is 1. The molecule has 1 N–H and O–H groups in total. The van der Waals surface area contributed by atoms with E-state index < -0.39 is 6.41 Å². The van der Waals surface area contributed by atoms with E-state index in [1.54, 1.807) is 0 Å². The van der Waals surface area contributed by atoms with E-state index in [1.807, 2.05) is 20.8 Å². The molecular formula is C12H23NO3. The summed E-state index contributed by atoms with van der Waals surface area (Å²) >= 11 is 0. The summed E-state index contributed by atoms with van der Waals surface area (Å²) in [6, 6.07) is 0. The molecule has 1 aliphatic heterocycles. The molecule has 0 radical (unpaired) electrons. The Hall–Kier alpha value is -0.610. The normalized spacial score (nSPS) is 30.9. The van der Waals surface area contributed by atoms with Gasteiger partial charge in [-0.1, -0.05) is 20.8 Å². The van der Waals surface area contributed by atoms with E-state index in [9.17, 15) is 4.79 Å². The molecule has 16 heavy (non-hydrogen) atoms. The van der Waals surface area contributed by atoms with Gasteiger partial charge >= 0.3 is 0 Å². The van der Waals surface area contributed by atoms with Crippen LogP contribution in [0, 0.1) is 11.8 Å². The minimum absolute atomic E-state index is 0.0163. The van der Waals surface area contributed by atoms with Crippen LogP contribution in [0.1, 0.15) is 41.0 Å². The van der Waals surface area contributed by atoms with Crippen LogP contribution in [-0.4, -0.2) is 24.5 Å². The fraction of sp³-hybridized carbons (Fsp3) is 0.917.